The number of rotatable bonds is 3. The van der Waals surface area contributed by atoms with Gasteiger partial charge in [-0.1, -0.05) is 31.5 Å². The van der Waals surface area contributed by atoms with Crippen LogP contribution in [0.25, 0.3) is 0 Å². The molecule has 15 heavy (non-hydrogen) atoms. The van der Waals surface area contributed by atoms with Gasteiger partial charge in [0, 0.05) is 5.56 Å². The minimum absolute atomic E-state index is 0.276. The lowest BCUT2D eigenvalue weighted by Gasteiger charge is -2.13. The lowest BCUT2D eigenvalue weighted by Crippen LogP contribution is -2.08. The van der Waals surface area contributed by atoms with Crippen LogP contribution in [0.5, 0.6) is 5.75 Å². The highest BCUT2D eigenvalue weighted by atomic mass is 16.5. The van der Waals surface area contributed by atoms with Crippen molar-refractivity contribution in [3.8, 4) is 11.8 Å². The molecule has 0 spiro atoms. The number of nitriles is 1. The van der Waals surface area contributed by atoms with E-state index in [1.54, 1.807) is 7.11 Å². The summed E-state index contributed by atoms with van der Waals surface area (Å²) in [4.78, 5) is 0. The van der Waals surface area contributed by atoms with Gasteiger partial charge in [-0.3, -0.25) is 0 Å². The van der Waals surface area contributed by atoms with Crippen LogP contribution >= 0.6 is 0 Å². The molecule has 2 nitrogen and oxygen atoms in total. The van der Waals surface area contributed by atoms with Gasteiger partial charge in [-0.2, -0.15) is 5.26 Å². The van der Waals surface area contributed by atoms with Gasteiger partial charge in [0.1, 0.15) is 5.75 Å². The summed E-state index contributed by atoms with van der Waals surface area (Å²) in [7, 11) is 1.66. The Morgan fingerprint density at radius 3 is 2.80 bits per heavy atom. The van der Waals surface area contributed by atoms with Crippen LogP contribution in [-0.2, 0) is 5.41 Å². The number of benzene rings is 1. The Bertz CT molecular complexity index is 407. The van der Waals surface area contributed by atoms with Crippen molar-refractivity contribution in [2.45, 2.75) is 25.2 Å². The molecular formula is C13H15NO. The zero-order valence-corrected chi connectivity index (χ0v) is 9.16. The van der Waals surface area contributed by atoms with Crippen molar-refractivity contribution in [2.75, 3.05) is 7.11 Å². The second-order valence-electron chi connectivity index (χ2n) is 4.09. The first-order valence-corrected chi connectivity index (χ1v) is 5.33. The number of methoxy groups -OCH3 is 1. The highest BCUT2D eigenvalue weighted by Gasteiger charge is 2.56. The van der Waals surface area contributed by atoms with Crippen LogP contribution in [0.15, 0.2) is 24.3 Å². The highest BCUT2D eigenvalue weighted by molar-refractivity contribution is 5.49. The Balaban J connectivity index is 2.42. The molecule has 0 N–H and O–H groups in total. The second-order valence-corrected chi connectivity index (χ2v) is 4.09. The predicted molar refractivity (Wildman–Crippen MR) is 58.7 cm³/mol. The van der Waals surface area contributed by atoms with Gasteiger partial charge < -0.3 is 4.74 Å². The van der Waals surface area contributed by atoms with Gasteiger partial charge in [0.05, 0.1) is 18.6 Å². The summed E-state index contributed by atoms with van der Waals surface area (Å²) in [5.74, 6) is 1.34. The van der Waals surface area contributed by atoms with Crippen LogP contribution in [0.2, 0.25) is 0 Å². The van der Waals surface area contributed by atoms with Crippen molar-refractivity contribution >= 4 is 0 Å². The maximum Gasteiger partial charge on any atom is 0.123 e. The molecular weight excluding hydrogens is 186 g/mol. The van der Waals surface area contributed by atoms with E-state index >= 15 is 0 Å². The molecule has 0 aromatic heterocycles. The summed E-state index contributed by atoms with van der Waals surface area (Å²) in [6.07, 6.45) is 2.03. The molecule has 2 heteroatoms. The van der Waals surface area contributed by atoms with Gasteiger partial charge in [0.2, 0.25) is 0 Å². The van der Waals surface area contributed by atoms with Gasteiger partial charge in [-0.15, -0.1) is 0 Å². The van der Waals surface area contributed by atoms with Crippen molar-refractivity contribution < 1.29 is 4.74 Å². The predicted octanol–water partition coefficient (Wildman–Crippen LogP) is 2.89. The highest BCUT2D eigenvalue weighted by Crippen LogP contribution is 2.57. The fraction of sp³-hybridized carbons (Fsp3) is 0.462. The fourth-order valence-electron chi connectivity index (χ4n) is 2.36. The van der Waals surface area contributed by atoms with Crippen molar-refractivity contribution in [3.63, 3.8) is 0 Å². The van der Waals surface area contributed by atoms with E-state index in [0.717, 1.165) is 24.2 Å². The van der Waals surface area contributed by atoms with E-state index in [9.17, 15) is 5.26 Å². The summed E-state index contributed by atoms with van der Waals surface area (Å²) in [6, 6.07) is 10.3. The first-order chi connectivity index (χ1) is 7.28. The normalized spacial score (nSPS) is 28.2. The van der Waals surface area contributed by atoms with Gasteiger partial charge >= 0.3 is 0 Å². The Morgan fingerprint density at radius 2 is 2.27 bits per heavy atom. The number of ether oxygens (including phenoxy) is 1. The Labute approximate surface area is 90.5 Å². The van der Waals surface area contributed by atoms with Crippen LogP contribution in [0, 0.1) is 17.2 Å². The molecule has 0 aliphatic heterocycles. The summed E-state index contributed by atoms with van der Waals surface area (Å²) in [6.45, 7) is 2.14. The molecule has 1 aliphatic rings. The standard InChI is InChI=1S/C13H15NO/c1-3-10-8-13(10,9-14)11-6-4-5-7-12(11)15-2/h4-7,10H,3,8H2,1-2H3. The molecule has 1 aromatic rings. The molecule has 0 saturated heterocycles. The van der Waals surface area contributed by atoms with Crippen LogP contribution in [0.3, 0.4) is 0 Å². The van der Waals surface area contributed by atoms with Crippen LogP contribution in [0.4, 0.5) is 0 Å². The molecule has 2 atom stereocenters. The van der Waals surface area contributed by atoms with E-state index in [0.29, 0.717) is 5.92 Å². The number of hydrogen-bond donors (Lipinski definition) is 0. The monoisotopic (exact) mass is 201 g/mol. The third-order valence-electron chi connectivity index (χ3n) is 3.39. The maximum absolute atomic E-state index is 9.33. The van der Waals surface area contributed by atoms with E-state index in [1.807, 2.05) is 24.3 Å². The molecule has 0 radical (unpaired) electrons. The quantitative estimate of drug-likeness (QED) is 0.753. The maximum atomic E-state index is 9.33. The fourth-order valence-corrected chi connectivity index (χ4v) is 2.36. The van der Waals surface area contributed by atoms with Crippen LogP contribution in [-0.4, -0.2) is 7.11 Å². The zero-order chi connectivity index (χ0) is 10.9. The first-order valence-electron chi connectivity index (χ1n) is 5.33. The van der Waals surface area contributed by atoms with Gasteiger partial charge in [0.15, 0.2) is 0 Å². The third kappa shape index (κ3) is 1.39. The summed E-state index contributed by atoms with van der Waals surface area (Å²) in [5, 5.41) is 9.33. The molecule has 2 rings (SSSR count). The van der Waals surface area contributed by atoms with Gasteiger partial charge in [-0.05, 0) is 18.4 Å². The number of nitrogens with zero attached hydrogens (tertiary/aromatic N) is 1. The lowest BCUT2D eigenvalue weighted by molar-refractivity contribution is 0.406. The minimum atomic E-state index is -0.276. The second kappa shape index (κ2) is 3.58. The van der Waals surface area contributed by atoms with Gasteiger partial charge in [0.25, 0.3) is 0 Å². The van der Waals surface area contributed by atoms with Crippen molar-refractivity contribution in [1.29, 1.82) is 5.26 Å². The minimum Gasteiger partial charge on any atom is -0.496 e. The largest absolute Gasteiger partial charge is 0.496 e. The topological polar surface area (TPSA) is 33.0 Å². The van der Waals surface area contributed by atoms with Crippen LogP contribution in [0.1, 0.15) is 25.3 Å². The van der Waals surface area contributed by atoms with Crippen molar-refractivity contribution in [1.82, 2.24) is 0 Å². The Hall–Kier alpha value is -1.49. The molecule has 1 aromatic carbocycles. The molecule has 1 saturated carbocycles. The van der Waals surface area contributed by atoms with E-state index in [2.05, 4.69) is 13.0 Å². The van der Waals surface area contributed by atoms with E-state index < -0.39 is 0 Å². The smallest absolute Gasteiger partial charge is 0.123 e. The van der Waals surface area contributed by atoms with E-state index in [4.69, 9.17) is 4.74 Å². The van der Waals surface area contributed by atoms with Gasteiger partial charge in [-0.25, -0.2) is 0 Å². The molecule has 0 heterocycles. The van der Waals surface area contributed by atoms with Crippen molar-refractivity contribution in [3.05, 3.63) is 29.8 Å². The summed E-state index contributed by atoms with van der Waals surface area (Å²) >= 11 is 0. The average Bonchev–Trinajstić information content (AvgIpc) is 3.04. The first kappa shape index (κ1) is 10.0. The Morgan fingerprint density at radius 1 is 1.53 bits per heavy atom. The molecule has 0 amide bonds. The number of hydrogen-bond acceptors (Lipinski definition) is 2. The number of para-hydroxylation sites is 1. The average molecular weight is 201 g/mol. The molecule has 1 fully saturated rings. The summed E-state index contributed by atoms with van der Waals surface area (Å²) in [5.41, 5.74) is 0.781. The van der Waals surface area contributed by atoms with E-state index in [1.165, 1.54) is 0 Å². The van der Waals surface area contributed by atoms with Crippen LogP contribution < -0.4 is 4.74 Å². The van der Waals surface area contributed by atoms with Crippen molar-refractivity contribution in [2.24, 2.45) is 5.92 Å². The zero-order valence-electron chi connectivity index (χ0n) is 9.16. The lowest BCUT2D eigenvalue weighted by atomic mass is 9.93. The molecule has 1 aliphatic carbocycles. The molecule has 2 unspecified atom stereocenters. The molecule has 78 valence electrons. The summed E-state index contributed by atoms with van der Waals surface area (Å²) < 4.78 is 5.32. The SMILES string of the molecule is CCC1CC1(C#N)c1ccccc1OC. The van der Waals surface area contributed by atoms with E-state index in [-0.39, 0.29) is 5.41 Å². The molecule has 0 bridgehead atoms. The third-order valence-corrected chi connectivity index (χ3v) is 3.39. The Kier molecular flexibility index (Phi) is 2.40.